The van der Waals surface area contributed by atoms with Crippen molar-refractivity contribution in [3.63, 3.8) is 0 Å². The summed E-state index contributed by atoms with van der Waals surface area (Å²) < 4.78 is 10.5. The van der Waals surface area contributed by atoms with Crippen LogP contribution in [0.2, 0.25) is 0 Å². The monoisotopic (exact) mass is 280 g/mol. The highest BCUT2D eigenvalue weighted by molar-refractivity contribution is 5.98. The third kappa shape index (κ3) is 3.20. The van der Waals surface area contributed by atoms with E-state index in [0.717, 1.165) is 0 Å². The number of nitrogens with one attached hydrogen (secondary N) is 1. The van der Waals surface area contributed by atoms with Crippen LogP contribution in [0.4, 0.5) is 5.69 Å². The molecule has 0 spiro atoms. The maximum Gasteiger partial charge on any atom is 0.255 e. The van der Waals surface area contributed by atoms with Crippen LogP contribution in [0.3, 0.4) is 0 Å². The highest BCUT2D eigenvalue weighted by Crippen LogP contribution is 2.26. The van der Waals surface area contributed by atoms with Crippen LogP contribution in [0.1, 0.15) is 23.7 Å². The van der Waals surface area contributed by atoms with Crippen LogP contribution >= 0.6 is 0 Å². The quantitative estimate of drug-likeness (QED) is 0.685. The normalized spacial score (nSPS) is 21.7. The molecule has 0 radical (unpaired) electrons. The number of benzene rings is 1. The van der Waals surface area contributed by atoms with E-state index in [1.165, 1.54) is 0 Å². The predicted octanol–water partition coefficient (Wildman–Crippen LogP) is 0.549. The summed E-state index contributed by atoms with van der Waals surface area (Å²) in [6.45, 7) is 3.14. The number of ether oxygens (including phenoxy) is 2. The lowest BCUT2D eigenvalue weighted by Crippen LogP contribution is -2.43. The number of aliphatic hydroxyl groups is 1. The topological polar surface area (TPSA) is 93.8 Å². The molecule has 4 N–H and O–H groups in total. The number of hydrogen-bond donors (Lipinski definition) is 3. The first-order valence-electron chi connectivity index (χ1n) is 6.65. The number of rotatable bonds is 5. The number of nitrogen functional groups attached to an aromatic ring is 1. The van der Waals surface area contributed by atoms with Gasteiger partial charge in [-0.25, -0.2) is 0 Å². The van der Waals surface area contributed by atoms with Crippen molar-refractivity contribution in [3.8, 4) is 5.75 Å². The fraction of sp³-hybridized carbons (Fsp3) is 0.500. The van der Waals surface area contributed by atoms with E-state index >= 15 is 0 Å². The van der Waals surface area contributed by atoms with Crippen molar-refractivity contribution >= 4 is 11.6 Å². The number of carbonyl (C=O) groups is 1. The molecule has 1 aliphatic heterocycles. The van der Waals surface area contributed by atoms with Crippen molar-refractivity contribution < 1.29 is 19.4 Å². The molecule has 1 aromatic rings. The molecule has 110 valence electrons. The summed E-state index contributed by atoms with van der Waals surface area (Å²) in [6.07, 6.45) is 0.516. The molecule has 0 aliphatic carbocycles. The molecule has 1 unspecified atom stereocenters. The van der Waals surface area contributed by atoms with E-state index in [1.807, 2.05) is 6.92 Å². The first-order chi connectivity index (χ1) is 9.56. The first-order valence-corrected chi connectivity index (χ1v) is 6.65. The third-order valence-corrected chi connectivity index (χ3v) is 3.24. The summed E-state index contributed by atoms with van der Waals surface area (Å²) in [5.41, 5.74) is 5.62. The fourth-order valence-corrected chi connectivity index (χ4v) is 2.12. The third-order valence-electron chi connectivity index (χ3n) is 3.24. The number of amides is 1. The Labute approximate surface area is 117 Å². The molecular weight excluding hydrogens is 260 g/mol. The molecule has 0 aromatic heterocycles. The Balaban J connectivity index is 2.07. The van der Waals surface area contributed by atoms with E-state index in [2.05, 4.69) is 5.32 Å². The molecule has 1 heterocycles. The Bertz CT molecular complexity index is 484. The molecule has 6 nitrogen and oxygen atoms in total. The van der Waals surface area contributed by atoms with Gasteiger partial charge in [0, 0.05) is 19.6 Å². The second-order valence-electron chi connectivity index (χ2n) is 4.87. The number of carbonyl (C=O) groups excluding carboxylic acids is 1. The molecule has 0 saturated carbocycles. The minimum Gasteiger partial charge on any atom is -0.491 e. The molecule has 20 heavy (non-hydrogen) atoms. The molecule has 0 bridgehead atoms. The molecule has 1 atom stereocenters. The van der Waals surface area contributed by atoms with Gasteiger partial charge in [0.25, 0.3) is 5.91 Å². The zero-order valence-corrected chi connectivity index (χ0v) is 11.5. The van der Waals surface area contributed by atoms with Crippen LogP contribution < -0.4 is 15.8 Å². The minimum atomic E-state index is -0.984. The van der Waals surface area contributed by atoms with Crippen molar-refractivity contribution in [1.82, 2.24) is 5.32 Å². The molecule has 1 aromatic carbocycles. The lowest BCUT2D eigenvalue weighted by Gasteiger charge is -2.21. The second-order valence-corrected chi connectivity index (χ2v) is 4.87. The van der Waals surface area contributed by atoms with Crippen molar-refractivity contribution in [2.24, 2.45) is 0 Å². The van der Waals surface area contributed by atoms with Crippen molar-refractivity contribution in [1.29, 1.82) is 0 Å². The largest absolute Gasteiger partial charge is 0.491 e. The van der Waals surface area contributed by atoms with Gasteiger partial charge < -0.3 is 25.6 Å². The SMILES string of the molecule is CCOc1c(N)cccc1C(=O)NCC1(O)CCOC1. The lowest BCUT2D eigenvalue weighted by atomic mass is 10.0. The van der Waals surface area contributed by atoms with Crippen molar-refractivity contribution in [2.45, 2.75) is 18.9 Å². The van der Waals surface area contributed by atoms with Gasteiger partial charge in [0.2, 0.25) is 0 Å². The number of anilines is 1. The van der Waals surface area contributed by atoms with Gasteiger partial charge in [-0.1, -0.05) is 6.07 Å². The van der Waals surface area contributed by atoms with E-state index in [-0.39, 0.29) is 19.1 Å². The van der Waals surface area contributed by atoms with Crippen LogP contribution in [-0.4, -0.2) is 43.0 Å². The van der Waals surface area contributed by atoms with Gasteiger partial charge >= 0.3 is 0 Å². The van der Waals surface area contributed by atoms with Gasteiger partial charge in [-0.05, 0) is 19.1 Å². The van der Waals surface area contributed by atoms with Crippen LogP contribution in [0.15, 0.2) is 18.2 Å². The van der Waals surface area contributed by atoms with Crippen molar-refractivity contribution in [3.05, 3.63) is 23.8 Å². The zero-order chi connectivity index (χ0) is 14.6. The van der Waals surface area contributed by atoms with Crippen molar-refractivity contribution in [2.75, 3.05) is 32.1 Å². The average Bonchev–Trinajstić information content (AvgIpc) is 2.86. The van der Waals surface area contributed by atoms with Crippen LogP contribution in [-0.2, 0) is 4.74 Å². The van der Waals surface area contributed by atoms with E-state index in [4.69, 9.17) is 15.2 Å². The average molecular weight is 280 g/mol. The van der Waals surface area contributed by atoms with Crippen LogP contribution in [0.25, 0.3) is 0 Å². The van der Waals surface area contributed by atoms with E-state index < -0.39 is 5.60 Å². The number of para-hydroxylation sites is 1. The molecule has 1 aliphatic rings. The summed E-state index contributed by atoms with van der Waals surface area (Å²) in [7, 11) is 0. The Hall–Kier alpha value is -1.79. The highest BCUT2D eigenvalue weighted by Gasteiger charge is 2.32. The van der Waals surface area contributed by atoms with Gasteiger partial charge in [-0.3, -0.25) is 4.79 Å². The minimum absolute atomic E-state index is 0.145. The molecular formula is C14H20N2O4. The first kappa shape index (κ1) is 14.6. The van der Waals surface area contributed by atoms with Gasteiger partial charge in [0.15, 0.2) is 5.75 Å². The summed E-state index contributed by atoms with van der Waals surface area (Å²) in [4.78, 5) is 12.2. The van der Waals surface area contributed by atoms with Gasteiger partial charge in [-0.2, -0.15) is 0 Å². The summed E-state index contributed by atoms with van der Waals surface area (Å²) >= 11 is 0. The van der Waals surface area contributed by atoms with Crippen LogP contribution in [0.5, 0.6) is 5.75 Å². The van der Waals surface area contributed by atoms with E-state index in [0.29, 0.717) is 36.6 Å². The molecule has 6 heteroatoms. The lowest BCUT2D eigenvalue weighted by molar-refractivity contribution is 0.0264. The van der Waals surface area contributed by atoms with Gasteiger partial charge in [0.1, 0.15) is 5.60 Å². The fourth-order valence-electron chi connectivity index (χ4n) is 2.12. The van der Waals surface area contributed by atoms with Gasteiger partial charge in [-0.15, -0.1) is 0 Å². The summed E-state index contributed by atoms with van der Waals surface area (Å²) in [5.74, 6) is 0.0586. The van der Waals surface area contributed by atoms with E-state index in [1.54, 1.807) is 18.2 Å². The molecule has 1 fully saturated rings. The van der Waals surface area contributed by atoms with Gasteiger partial charge in [0.05, 0.1) is 24.5 Å². The Morgan fingerprint density at radius 3 is 3.05 bits per heavy atom. The highest BCUT2D eigenvalue weighted by atomic mass is 16.5. The second kappa shape index (κ2) is 6.11. The standard InChI is InChI=1S/C14H20N2O4/c1-2-20-12-10(4-3-5-11(12)15)13(17)16-8-14(18)6-7-19-9-14/h3-5,18H,2,6-9,15H2,1H3,(H,16,17). The predicted molar refractivity (Wildman–Crippen MR) is 74.7 cm³/mol. The zero-order valence-electron chi connectivity index (χ0n) is 11.5. The summed E-state index contributed by atoms with van der Waals surface area (Å²) in [6, 6.07) is 5.02. The Kier molecular flexibility index (Phi) is 4.46. The maximum absolute atomic E-state index is 12.2. The van der Waals surface area contributed by atoms with E-state index in [9.17, 15) is 9.90 Å². The van der Waals surface area contributed by atoms with Crippen LogP contribution in [0, 0.1) is 0 Å². The maximum atomic E-state index is 12.2. The molecule has 1 amide bonds. The molecule has 2 rings (SSSR count). The number of hydrogen-bond acceptors (Lipinski definition) is 5. The molecule has 1 saturated heterocycles. The Morgan fingerprint density at radius 1 is 1.60 bits per heavy atom. The summed E-state index contributed by atoms with van der Waals surface area (Å²) in [5, 5.41) is 12.8. The Morgan fingerprint density at radius 2 is 2.40 bits per heavy atom. The number of nitrogens with two attached hydrogens (primary N) is 1. The smallest absolute Gasteiger partial charge is 0.255 e.